The highest BCUT2D eigenvalue weighted by atomic mass is 16.5. The number of piperazine rings is 1. The van der Waals surface area contributed by atoms with Gasteiger partial charge in [0, 0.05) is 38.3 Å². The number of hydrogen-bond acceptors (Lipinski definition) is 3. The van der Waals surface area contributed by atoms with Crippen molar-refractivity contribution in [2.45, 2.75) is 33.6 Å². The highest BCUT2D eigenvalue weighted by Gasteiger charge is 2.22. The van der Waals surface area contributed by atoms with Crippen molar-refractivity contribution in [2.75, 3.05) is 38.2 Å². The van der Waals surface area contributed by atoms with Crippen molar-refractivity contribution >= 4 is 11.6 Å². The third-order valence-corrected chi connectivity index (χ3v) is 5.64. The van der Waals surface area contributed by atoms with E-state index in [1.165, 1.54) is 22.4 Å². The van der Waals surface area contributed by atoms with E-state index in [0.717, 1.165) is 43.9 Å². The van der Waals surface area contributed by atoms with E-state index in [1.54, 1.807) is 7.11 Å². The Bertz CT molecular complexity index is 808. The molecule has 4 heteroatoms. The van der Waals surface area contributed by atoms with Crippen LogP contribution in [0, 0.1) is 20.8 Å². The number of anilines is 1. The molecule has 1 aliphatic heterocycles. The number of rotatable bonds is 5. The van der Waals surface area contributed by atoms with Gasteiger partial charge in [0.2, 0.25) is 5.91 Å². The first-order chi connectivity index (χ1) is 13.0. The predicted molar refractivity (Wildman–Crippen MR) is 111 cm³/mol. The zero-order valence-corrected chi connectivity index (χ0v) is 16.9. The lowest BCUT2D eigenvalue weighted by Gasteiger charge is -2.37. The molecule has 1 amide bonds. The molecule has 0 atom stereocenters. The van der Waals surface area contributed by atoms with Crippen LogP contribution in [0.2, 0.25) is 0 Å². The summed E-state index contributed by atoms with van der Waals surface area (Å²) in [5.74, 6) is 1.15. The van der Waals surface area contributed by atoms with Crippen molar-refractivity contribution in [3.05, 3.63) is 58.7 Å². The topological polar surface area (TPSA) is 32.8 Å². The van der Waals surface area contributed by atoms with Gasteiger partial charge in [0.05, 0.1) is 7.11 Å². The molecule has 1 fully saturated rings. The summed E-state index contributed by atoms with van der Waals surface area (Å²) in [6.45, 7) is 9.77. The van der Waals surface area contributed by atoms with E-state index in [-0.39, 0.29) is 5.91 Å². The smallest absolute Gasteiger partial charge is 0.223 e. The number of amides is 1. The third-order valence-electron chi connectivity index (χ3n) is 5.64. The van der Waals surface area contributed by atoms with Gasteiger partial charge in [-0.15, -0.1) is 0 Å². The van der Waals surface area contributed by atoms with Gasteiger partial charge in [-0.3, -0.25) is 4.79 Å². The number of ether oxygens (including phenoxy) is 1. The van der Waals surface area contributed by atoms with Crippen molar-refractivity contribution in [3.63, 3.8) is 0 Å². The van der Waals surface area contributed by atoms with Crippen molar-refractivity contribution in [2.24, 2.45) is 0 Å². The van der Waals surface area contributed by atoms with Gasteiger partial charge < -0.3 is 14.5 Å². The average molecular weight is 367 g/mol. The van der Waals surface area contributed by atoms with E-state index in [9.17, 15) is 4.79 Å². The van der Waals surface area contributed by atoms with Crippen molar-refractivity contribution in [3.8, 4) is 5.75 Å². The Hall–Kier alpha value is -2.49. The second-order valence-corrected chi connectivity index (χ2v) is 7.39. The summed E-state index contributed by atoms with van der Waals surface area (Å²) in [6.07, 6.45) is 1.34. The van der Waals surface area contributed by atoms with E-state index < -0.39 is 0 Å². The van der Waals surface area contributed by atoms with Gasteiger partial charge in [0.1, 0.15) is 5.75 Å². The lowest BCUT2D eigenvalue weighted by molar-refractivity contribution is -0.131. The summed E-state index contributed by atoms with van der Waals surface area (Å²) in [4.78, 5) is 17.0. The summed E-state index contributed by atoms with van der Waals surface area (Å²) < 4.78 is 5.30. The van der Waals surface area contributed by atoms with Crippen LogP contribution in [0.5, 0.6) is 5.75 Å². The number of hydrogen-bond donors (Lipinski definition) is 0. The normalized spacial score (nSPS) is 14.4. The van der Waals surface area contributed by atoms with E-state index in [4.69, 9.17) is 4.74 Å². The zero-order valence-electron chi connectivity index (χ0n) is 16.9. The van der Waals surface area contributed by atoms with Crippen LogP contribution < -0.4 is 9.64 Å². The van der Waals surface area contributed by atoms with Crippen LogP contribution in [0.1, 0.15) is 28.7 Å². The van der Waals surface area contributed by atoms with Crippen LogP contribution >= 0.6 is 0 Å². The summed E-state index contributed by atoms with van der Waals surface area (Å²) in [5.41, 5.74) is 6.27. The fraction of sp³-hybridized carbons (Fsp3) is 0.435. The molecule has 144 valence electrons. The molecule has 2 aromatic carbocycles. The molecular formula is C23H30N2O2. The summed E-state index contributed by atoms with van der Waals surface area (Å²) in [6, 6.07) is 12.6. The van der Waals surface area contributed by atoms with Crippen LogP contribution in [-0.2, 0) is 11.2 Å². The van der Waals surface area contributed by atoms with Gasteiger partial charge in [-0.2, -0.15) is 0 Å². The summed E-state index contributed by atoms with van der Waals surface area (Å²) >= 11 is 0. The first-order valence-electron chi connectivity index (χ1n) is 9.72. The third kappa shape index (κ3) is 4.44. The predicted octanol–water partition coefficient (Wildman–Crippen LogP) is 3.90. The molecule has 0 unspecified atom stereocenters. The molecule has 0 aliphatic carbocycles. The number of benzene rings is 2. The molecule has 0 N–H and O–H groups in total. The fourth-order valence-corrected chi connectivity index (χ4v) is 3.78. The Labute approximate surface area is 162 Å². The number of aryl methyl sites for hydroxylation is 3. The SMILES string of the molecule is COc1ccc(CCC(=O)N2CCN(c3cccc(C)c3C)CC2)cc1C. The number of carbonyl (C=O) groups is 1. The molecule has 27 heavy (non-hydrogen) atoms. The average Bonchev–Trinajstić information content (AvgIpc) is 2.68. The van der Waals surface area contributed by atoms with Gasteiger partial charge in [0.15, 0.2) is 0 Å². The van der Waals surface area contributed by atoms with Gasteiger partial charge in [0.25, 0.3) is 0 Å². The fourth-order valence-electron chi connectivity index (χ4n) is 3.78. The Balaban J connectivity index is 1.53. The minimum atomic E-state index is 0.254. The molecule has 0 radical (unpaired) electrons. The summed E-state index contributed by atoms with van der Waals surface area (Å²) in [5, 5.41) is 0. The molecule has 4 nitrogen and oxygen atoms in total. The minimum Gasteiger partial charge on any atom is -0.496 e. The van der Waals surface area contributed by atoms with Crippen LogP contribution in [0.15, 0.2) is 36.4 Å². The van der Waals surface area contributed by atoms with Crippen molar-refractivity contribution in [1.29, 1.82) is 0 Å². The number of nitrogens with zero attached hydrogens (tertiary/aromatic N) is 2. The van der Waals surface area contributed by atoms with E-state index >= 15 is 0 Å². The Morgan fingerprint density at radius 2 is 1.74 bits per heavy atom. The van der Waals surface area contributed by atoms with Crippen molar-refractivity contribution in [1.82, 2.24) is 4.90 Å². The maximum atomic E-state index is 12.6. The maximum Gasteiger partial charge on any atom is 0.223 e. The number of carbonyl (C=O) groups excluding carboxylic acids is 1. The van der Waals surface area contributed by atoms with Crippen LogP contribution in [0.3, 0.4) is 0 Å². The quantitative estimate of drug-likeness (QED) is 0.804. The number of methoxy groups -OCH3 is 1. The second kappa shape index (κ2) is 8.47. The lowest BCUT2D eigenvalue weighted by Crippen LogP contribution is -2.49. The van der Waals surface area contributed by atoms with Gasteiger partial charge in [-0.05, 0) is 61.6 Å². The minimum absolute atomic E-state index is 0.254. The summed E-state index contributed by atoms with van der Waals surface area (Å²) in [7, 11) is 1.68. The highest BCUT2D eigenvalue weighted by molar-refractivity contribution is 5.77. The van der Waals surface area contributed by atoms with E-state index in [0.29, 0.717) is 6.42 Å². The zero-order chi connectivity index (χ0) is 19.4. The Kier molecular flexibility index (Phi) is 6.04. The Morgan fingerprint density at radius 1 is 1.00 bits per heavy atom. The molecule has 2 aromatic rings. The van der Waals surface area contributed by atoms with Crippen LogP contribution in [-0.4, -0.2) is 44.1 Å². The van der Waals surface area contributed by atoms with E-state index in [1.807, 2.05) is 17.9 Å². The Morgan fingerprint density at radius 3 is 2.41 bits per heavy atom. The first-order valence-corrected chi connectivity index (χ1v) is 9.72. The standard InChI is InChI=1S/C23H30N2O2/c1-17-6-5-7-21(19(17)3)24-12-14-25(15-13-24)23(26)11-9-20-8-10-22(27-4)18(2)16-20/h5-8,10,16H,9,11-15H2,1-4H3. The monoisotopic (exact) mass is 366 g/mol. The molecule has 1 aliphatic rings. The van der Waals surface area contributed by atoms with E-state index in [2.05, 4.69) is 49.1 Å². The second-order valence-electron chi connectivity index (χ2n) is 7.39. The molecule has 0 spiro atoms. The molecule has 1 heterocycles. The van der Waals surface area contributed by atoms with Crippen LogP contribution in [0.4, 0.5) is 5.69 Å². The molecule has 0 aromatic heterocycles. The lowest BCUT2D eigenvalue weighted by atomic mass is 10.1. The largest absolute Gasteiger partial charge is 0.496 e. The first kappa shape index (κ1) is 19.3. The maximum absolute atomic E-state index is 12.6. The van der Waals surface area contributed by atoms with Gasteiger partial charge >= 0.3 is 0 Å². The highest BCUT2D eigenvalue weighted by Crippen LogP contribution is 2.24. The van der Waals surface area contributed by atoms with Crippen molar-refractivity contribution < 1.29 is 9.53 Å². The van der Waals surface area contributed by atoms with Crippen LogP contribution in [0.25, 0.3) is 0 Å². The molecular weight excluding hydrogens is 336 g/mol. The molecule has 1 saturated heterocycles. The molecule has 3 rings (SSSR count). The molecule has 0 bridgehead atoms. The van der Waals surface area contributed by atoms with Gasteiger partial charge in [-0.25, -0.2) is 0 Å². The molecule has 0 saturated carbocycles. The van der Waals surface area contributed by atoms with Gasteiger partial charge in [-0.1, -0.05) is 24.3 Å².